The summed E-state index contributed by atoms with van der Waals surface area (Å²) < 4.78 is 11.2. The maximum absolute atomic E-state index is 13.0. The van der Waals surface area contributed by atoms with Crippen molar-refractivity contribution in [2.24, 2.45) is 5.10 Å². The van der Waals surface area contributed by atoms with Crippen LogP contribution in [0, 0.1) is 17.0 Å². The molecule has 2 N–H and O–H groups in total. The van der Waals surface area contributed by atoms with E-state index in [1.54, 1.807) is 25.1 Å². The van der Waals surface area contributed by atoms with Gasteiger partial charge < -0.3 is 14.5 Å². The molecule has 186 valence electrons. The first-order chi connectivity index (χ1) is 17.3. The van der Waals surface area contributed by atoms with Crippen molar-refractivity contribution in [3.8, 4) is 5.75 Å². The number of rotatable bonds is 7. The van der Waals surface area contributed by atoms with Gasteiger partial charge in [-0.25, -0.2) is 5.43 Å². The van der Waals surface area contributed by atoms with Crippen LogP contribution in [0.25, 0.3) is 0 Å². The molecular formula is C25H23ClN4O6. The van der Waals surface area contributed by atoms with E-state index in [1.165, 1.54) is 31.4 Å². The first-order valence-corrected chi connectivity index (χ1v) is 11.5. The molecule has 0 saturated carbocycles. The lowest BCUT2D eigenvalue weighted by Gasteiger charge is -2.13. The third-order valence-corrected chi connectivity index (χ3v) is 6.00. The molecule has 0 saturated heterocycles. The molecule has 0 atom stereocenters. The monoisotopic (exact) mass is 510 g/mol. The highest BCUT2D eigenvalue weighted by Crippen LogP contribution is 2.32. The molecule has 3 aromatic rings. The van der Waals surface area contributed by atoms with Gasteiger partial charge in [0.05, 0.1) is 29.9 Å². The predicted octanol–water partition coefficient (Wildman–Crippen LogP) is 4.81. The van der Waals surface area contributed by atoms with Crippen LogP contribution in [-0.4, -0.2) is 29.6 Å². The maximum Gasteiger partial charge on any atom is 0.291 e. The van der Waals surface area contributed by atoms with E-state index < -0.39 is 10.8 Å². The molecule has 0 bridgehead atoms. The van der Waals surface area contributed by atoms with Crippen molar-refractivity contribution in [2.45, 2.75) is 32.6 Å². The van der Waals surface area contributed by atoms with Gasteiger partial charge in [0.25, 0.3) is 11.6 Å². The van der Waals surface area contributed by atoms with Gasteiger partial charge in [0.1, 0.15) is 11.5 Å². The van der Waals surface area contributed by atoms with Crippen LogP contribution in [0.2, 0.25) is 5.02 Å². The highest BCUT2D eigenvalue weighted by Gasteiger charge is 2.28. The van der Waals surface area contributed by atoms with Gasteiger partial charge in [-0.15, -0.1) is 0 Å². The molecule has 10 nitrogen and oxygen atoms in total. The van der Waals surface area contributed by atoms with Gasteiger partial charge in [-0.1, -0.05) is 23.7 Å². The fourth-order valence-corrected chi connectivity index (χ4v) is 4.22. The van der Waals surface area contributed by atoms with Crippen molar-refractivity contribution in [3.05, 3.63) is 85.8 Å². The molecule has 2 amide bonds. The first kappa shape index (κ1) is 24.9. The van der Waals surface area contributed by atoms with Crippen molar-refractivity contribution >= 4 is 40.5 Å². The van der Waals surface area contributed by atoms with Gasteiger partial charge in [0.15, 0.2) is 5.76 Å². The minimum absolute atomic E-state index is 0.0150. The molecule has 0 aliphatic heterocycles. The number of methoxy groups -OCH3 is 1. The minimum Gasteiger partial charge on any atom is -0.495 e. The average Bonchev–Trinajstić information content (AvgIpc) is 3.20. The third-order valence-electron chi connectivity index (χ3n) is 5.77. The fourth-order valence-electron chi connectivity index (χ4n) is 4.04. The molecule has 4 rings (SSSR count). The number of non-ortho nitro benzene ring substituents is 1. The normalized spacial score (nSPS) is 13.7. The molecule has 36 heavy (non-hydrogen) atoms. The second-order valence-corrected chi connectivity index (χ2v) is 8.64. The Hall–Kier alpha value is -4.18. The number of furan rings is 1. The number of nitro benzene ring substituents is 1. The molecule has 1 aliphatic rings. The smallest absolute Gasteiger partial charge is 0.291 e. The van der Waals surface area contributed by atoms with Crippen LogP contribution in [0.1, 0.15) is 45.8 Å². The number of hydrazone groups is 1. The number of fused-ring (bicyclic) bond motifs is 1. The van der Waals surface area contributed by atoms with Gasteiger partial charge in [-0.3, -0.25) is 19.7 Å². The summed E-state index contributed by atoms with van der Waals surface area (Å²) in [6, 6.07) is 10.7. The number of hydrogen-bond acceptors (Lipinski definition) is 7. The Kier molecular flexibility index (Phi) is 7.35. The second kappa shape index (κ2) is 10.6. The van der Waals surface area contributed by atoms with Crippen LogP contribution < -0.4 is 15.5 Å². The summed E-state index contributed by atoms with van der Waals surface area (Å²) in [5, 5.41) is 18.3. The van der Waals surface area contributed by atoms with Crippen LogP contribution >= 0.6 is 11.6 Å². The topological polar surface area (TPSA) is 136 Å². The SMILES string of the molecule is COc1ccc(Cl)cc1NC(=O)c1oc2c(c1C)/C(=N/NC(=O)Cc1ccc([N+](=O)[O-])cc1)CCC2. The summed E-state index contributed by atoms with van der Waals surface area (Å²) in [7, 11) is 1.49. The number of carbonyl (C=O) groups excluding carboxylic acids is 2. The number of nitrogens with one attached hydrogen (secondary N) is 2. The zero-order chi connectivity index (χ0) is 25.8. The molecule has 0 fully saturated rings. The van der Waals surface area contributed by atoms with Crippen molar-refractivity contribution < 1.29 is 23.7 Å². The van der Waals surface area contributed by atoms with Crippen LogP contribution in [0.15, 0.2) is 52.0 Å². The van der Waals surface area contributed by atoms with Crippen LogP contribution in [-0.2, 0) is 17.6 Å². The van der Waals surface area contributed by atoms with E-state index in [4.69, 9.17) is 20.8 Å². The van der Waals surface area contributed by atoms with Gasteiger partial charge in [0, 0.05) is 34.7 Å². The Bertz CT molecular complexity index is 1360. The van der Waals surface area contributed by atoms with E-state index in [2.05, 4.69) is 15.8 Å². The summed E-state index contributed by atoms with van der Waals surface area (Å²) in [4.78, 5) is 35.7. The van der Waals surface area contributed by atoms with E-state index in [0.717, 1.165) is 6.42 Å². The molecule has 0 radical (unpaired) electrons. The Labute approximate surface area is 211 Å². The minimum atomic E-state index is -0.496. The van der Waals surface area contributed by atoms with E-state index in [0.29, 0.717) is 57.5 Å². The standard InChI is InChI=1S/C25H23ClN4O6/c1-14-23-18(28-29-22(31)12-15-6-9-17(10-7-15)30(33)34)4-3-5-21(23)36-24(14)25(32)27-19-13-16(26)8-11-20(19)35-2/h6-11,13H,3-5,12H2,1-2H3,(H,27,32)(H,29,31)/b28-18+. The summed E-state index contributed by atoms with van der Waals surface area (Å²) in [5.74, 6) is 0.415. The highest BCUT2D eigenvalue weighted by atomic mass is 35.5. The van der Waals surface area contributed by atoms with Crippen molar-refractivity contribution in [3.63, 3.8) is 0 Å². The number of anilines is 1. The van der Waals surface area contributed by atoms with Crippen molar-refractivity contribution in [1.29, 1.82) is 0 Å². The van der Waals surface area contributed by atoms with E-state index in [-0.39, 0.29) is 23.8 Å². The summed E-state index contributed by atoms with van der Waals surface area (Å²) in [5.41, 5.74) is 5.49. The molecule has 1 heterocycles. The Morgan fingerprint density at radius 1 is 1.19 bits per heavy atom. The number of nitro groups is 1. The number of ether oxygens (including phenoxy) is 1. The van der Waals surface area contributed by atoms with Gasteiger partial charge in [0.2, 0.25) is 5.91 Å². The van der Waals surface area contributed by atoms with Gasteiger partial charge in [-0.05, 0) is 43.5 Å². The number of amides is 2. The van der Waals surface area contributed by atoms with E-state index >= 15 is 0 Å². The third kappa shape index (κ3) is 5.38. The zero-order valence-electron chi connectivity index (χ0n) is 19.6. The molecule has 1 aliphatic carbocycles. The van der Waals surface area contributed by atoms with Crippen LogP contribution in [0.4, 0.5) is 11.4 Å². The quantitative estimate of drug-likeness (QED) is 0.346. The zero-order valence-corrected chi connectivity index (χ0v) is 20.3. The second-order valence-electron chi connectivity index (χ2n) is 8.20. The lowest BCUT2D eigenvalue weighted by atomic mass is 9.93. The predicted molar refractivity (Wildman–Crippen MR) is 134 cm³/mol. The summed E-state index contributed by atoms with van der Waals surface area (Å²) in [6.45, 7) is 1.77. The van der Waals surface area contributed by atoms with Crippen LogP contribution in [0.5, 0.6) is 5.75 Å². The van der Waals surface area contributed by atoms with Crippen molar-refractivity contribution in [1.82, 2.24) is 5.43 Å². The number of halogens is 1. The molecule has 1 aromatic heterocycles. The number of carbonyl (C=O) groups is 2. The molecule has 2 aromatic carbocycles. The van der Waals surface area contributed by atoms with E-state index in [9.17, 15) is 19.7 Å². The number of nitrogens with zero attached hydrogens (tertiary/aromatic N) is 2. The first-order valence-electron chi connectivity index (χ1n) is 11.1. The highest BCUT2D eigenvalue weighted by molar-refractivity contribution is 6.31. The Morgan fingerprint density at radius 2 is 1.94 bits per heavy atom. The van der Waals surface area contributed by atoms with Gasteiger partial charge in [-0.2, -0.15) is 5.10 Å². The average molecular weight is 511 g/mol. The summed E-state index contributed by atoms with van der Waals surface area (Å²) >= 11 is 6.06. The van der Waals surface area contributed by atoms with Gasteiger partial charge >= 0.3 is 0 Å². The molecule has 11 heteroatoms. The van der Waals surface area contributed by atoms with Crippen molar-refractivity contribution in [2.75, 3.05) is 12.4 Å². The lowest BCUT2D eigenvalue weighted by molar-refractivity contribution is -0.384. The molecule has 0 spiro atoms. The Balaban J connectivity index is 1.50. The lowest BCUT2D eigenvalue weighted by Crippen LogP contribution is -2.23. The summed E-state index contributed by atoms with van der Waals surface area (Å²) in [6.07, 6.45) is 2.01. The van der Waals surface area contributed by atoms with E-state index in [1.807, 2.05) is 0 Å². The number of benzene rings is 2. The molecule has 0 unspecified atom stereocenters. The largest absolute Gasteiger partial charge is 0.495 e. The Morgan fingerprint density at radius 3 is 2.64 bits per heavy atom. The number of hydrogen-bond donors (Lipinski definition) is 2. The fraction of sp³-hybridized carbons (Fsp3) is 0.240. The number of aryl methyl sites for hydroxylation is 1. The van der Waals surface area contributed by atoms with Crippen LogP contribution in [0.3, 0.4) is 0 Å². The maximum atomic E-state index is 13.0. The molecular weight excluding hydrogens is 488 g/mol.